The van der Waals surface area contributed by atoms with Crippen LogP contribution in [0.2, 0.25) is 0 Å². The number of nitrogens with zero attached hydrogens (tertiary/aromatic N) is 3. The third kappa shape index (κ3) is 3.16. The van der Waals surface area contributed by atoms with Crippen LogP contribution >= 0.6 is 27.3 Å². The van der Waals surface area contributed by atoms with Gasteiger partial charge in [-0.15, -0.1) is 5.10 Å². The number of fused-ring (bicyclic) bond motifs is 1. The number of methoxy groups -OCH3 is 1. The Hall–Kier alpha value is -2.12. The number of hydrogen-bond donors (Lipinski definition) is 1. The molecule has 1 aromatic heterocycles. The number of thiazole rings is 1. The van der Waals surface area contributed by atoms with Gasteiger partial charge in [-0.05, 0) is 45.8 Å². The second-order valence-electron chi connectivity index (χ2n) is 4.81. The minimum atomic E-state index is 0.0671. The summed E-state index contributed by atoms with van der Waals surface area (Å²) in [6.07, 6.45) is 1.62. The summed E-state index contributed by atoms with van der Waals surface area (Å²) in [5.41, 5.74) is 1.90. The molecule has 0 aliphatic rings. The van der Waals surface area contributed by atoms with Gasteiger partial charge in [0.15, 0.2) is 11.5 Å². The standard InChI is InChI=1S/C16H14BrN3O2S/c1-20-12-5-3-4-6-14(12)23-16(20)19-18-9-10-7-11(17)15(21)13(8-10)22-2/h3-9,21H,1-2H3/b18-9+,19-16-. The first-order valence-electron chi connectivity index (χ1n) is 6.78. The Bertz CT molecular complexity index is 960. The summed E-state index contributed by atoms with van der Waals surface area (Å²) in [6, 6.07) is 11.6. The highest BCUT2D eigenvalue weighted by atomic mass is 79.9. The van der Waals surface area contributed by atoms with Gasteiger partial charge >= 0.3 is 0 Å². The summed E-state index contributed by atoms with van der Waals surface area (Å²) in [4.78, 5) is 0.812. The normalized spacial score (nSPS) is 12.4. The lowest BCUT2D eigenvalue weighted by Gasteiger charge is -2.05. The number of ether oxygens (including phenoxy) is 1. The number of phenols is 1. The molecule has 0 unspecified atom stereocenters. The number of aromatic nitrogens is 1. The molecule has 0 aliphatic heterocycles. The molecule has 0 aliphatic carbocycles. The van der Waals surface area contributed by atoms with Crippen molar-refractivity contribution in [2.24, 2.45) is 17.3 Å². The molecule has 0 saturated carbocycles. The van der Waals surface area contributed by atoms with Crippen molar-refractivity contribution in [2.45, 2.75) is 0 Å². The Morgan fingerprint density at radius 3 is 2.83 bits per heavy atom. The second-order valence-corrected chi connectivity index (χ2v) is 6.67. The maximum atomic E-state index is 9.80. The maximum absolute atomic E-state index is 9.80. The molecule has 118 valence electrons. The van der Waals surface area contributed by atoms with Crippen molar-refractivity contribution in [1.82, 2.24) is 4.57 Å². The molecule has 0 amide bonds. The molecule has 0 spiro atoms. The Morgan fingerprint density at radius 1 is 1.30 bits per heavy atom. The van der Waals surface area contributed by atoms with Crippen LogP contribution in [-0.4, -0.2) is 23.0 Å². The van der Waals surface area contributed by atoms with Gasteiger partial charge in [-0.25, -0.2) is 0 Å². The lowest BCUT2D eigenvalue weighted by molar-refractivity contribution is 0.372. The van der Waals surface area contributed by atoms with Crippen LogP contribution in [-0.2, 0) is 7.05 Å². The molecule has 0 radical (unpaired) electrons. The Morgan fingerprint density at radius 2 is 2.09 bits per heavy atom. The molecule has 3 rings (SSSR count). The van der Waals surface area contributed by atoms with Gasteiger partial charge in [0.2, 0.25) is 4.80 Å². The second kappa shape index (κ2) is 6.55. The minimum Gasteiger partial charge on any atom is -0.503 e. The Balaban J connectivity index is 1.96. The first-order chi connectivity index (χ1) is 11.1. The van der Waals surface area contributed by atoms with Gasteiger partial charge in [0.05, 0.1) is 28.0 Å². The summed E-state index contributed by atoms with van der Waals surface area (Å²) in [6.45, 7) is 0. The number of halogens is 1. The fourth-order valence-electron chi connectivity index (χ4n) is 2.15. The lowest BCUT2D eigenvalue weighted by atomic mass is 10.2. The van der Waals surface area contributed by atoms with E-state index in [1.165, 1.54) is 7.11 Å². The van der Waals surface area contributed by atoms with Gasteiger partial charge in [0.1, 0.15) is 0 Å². The van der Waals surface area contributed by atoms with Crippen molar-refractivity contribution in [3.05, 3.63) is 51.2 Å². The van der Waals surface area contributed by atoms with Crippen molar-refractivity contribution >= 4 is 43.7 Å². The first-order valence-corrected chi connectivity index (χ1v) is 8.39. The van der Waals surface area contributed by atoms with Gasteiger partial charge in [-0.3, -0.25) is 0 Å². The predicted octanol–water partition coefficient (Wildman–Crippen LogP) is 3.65. The number of phenolic OH excluding ortho intramolecular Hbond substituents is 1. The summed E-state index contributed by atoms with van der Waals surface area (Å²) < 4.78 is 8.83. The molecule has 0 bridgehead atoms. The van der Waals surface area contributed by atoms with Crippen LogP contribution in [0.1, 0.15) is 5.56 Å². The monoisotopic (exact) mass is 391 g/mol. The van der Waals surface area contributed by atoms with Crippen molar-refractivity contribution in [3.8, 4) is 11.5 Å². The molecule has 1 N–H and O–H groups in total. The van der Waals surface area contributed by atoms with Crippen LogP contribution in [0.5, 0.6) is 11.5 Å². The van der Waals surface area contributed by atoms with E-state index in [-0.39, 0.29) is 5.75 Å². The molecule has 7 heteroatoms. The summed E-state index contributed by atoms with van der Waals surface area (Å²) in [5.74, 6) is 0.450. The molecule has 3 aromatic rings. The highest BCUT2D eigenvalue weighted by Gasteiger charge is 2.07. The number of aryl methyl sites for hydroxylation is 1. The zero-order chi connectivity index (χ0) is 16.4. The van der Waals surface area contributed by atoms with Gasteiger partial charge in [0.25, 0.3) is 0 Å². The summed E-state index contributed by atoms with van der Waals surface area (Å²) in [7, 11) is 3.47. The van der Waals surface area contributed by atoms with Crippen molar-refractivity contribution in [1.29, 1.82) is 0 Å². The van der Waals surface area contributed by atoms with E-state index in [1.807, 2.05) is 23.7 Å². The van der Waals surface area contributed by atoms with Crippen LogP contribution in [0, 0.1) is 0 Å². The average Bonchev–Trinajstić information content (AvgIpc) is 2.87. The van der Waals surface area contributed by atoms with Gasteiger partial charge in [-0.2, -0.15) is 5.10 Å². The fourth-order valence-corrected chi connectivity index (χ4v) is 3.58. The molecule has 5 nitrogen and oxygen atoms in total. The molecule has 1 heterocycles. The molecule has 0 saturated heterocycles. The molecule has 2 aromatic carbocycles. The van der Waals surface area contributed by atoms with E-state index in [9.17, 15) is 5.11 Å². The number of benzene rings is 2. The zero-order valence-electron chi connectivity index (χ0n) is 12.5. The van der Waals surface area contributed by atoms with Crippen molar-refractivity contribution in [3.63, 3.8) is 0 Å². The molecule has 0 fully saturated rings. The van der Waals surface area contributed by atoms with E-state index >= 15 is 0 Å². The molecular weight excluding hydrogens is 378 g/mol. The van der Waals surface area contributed by atoms with Crippen LogP contribution < -0.4 is 9.54 Å². The number of hydrogen-bond acceptors (Lipinski definition) is 5. The van der Waals surface area contributed by atoms with Crippen LogP contribution in [0.25, 0.3) is 10.2 Å². The van der Waals surface area contributed by atoms with Crippen molar-refractivity contribution < 1.29 is 9.84 Å². The van der Waals surface area contributed by atoms with E-state index < -0.39 is 0 Å². The van der Waals surface area contributed by atoms with Gasteiger partial charge < -0.3 is 14.4 Å². The average molecular weight is 392 g/mol. The topological polar surface area (TPSA) is 59.1 Å². The lowest BCUT2D eigenvalue weighted by Crippen LogP contribution is -2.08. The Kier molecular flexibility index (Phi) is 4.49. The predicted molar refractivity (Wildman–Crippen MR) is 96.3 cm³/mol. The highest BCUT2D eigenvalue weighted by molar-refractivity contribution is 9.10. The smallest absolute Gasteiger partial charge is 0.211 e. The largest absolute Gasteiger partial charge is 0.503 e. The van der Waals surface area contributed by atoms with Crippen LogP contribution in [0.15, 0.2) is 51.1 Å². The molecule has 0 atom stereocenters. The summed E-state index contributed by atoms with van der Waals surface area (Å²) in [5, 5.41) is 18.2. The fraction of sp³-hybridized carbons (Fsp3) is 0.125. The van der Waals surface area contributed by atoms with E-state index in [2.05, 4.69) is 38.3 Å². The van der Waals surface area contributed by atoms with Crippen LogP contribution in [0.3, 0.4) is 0 Å². The van der Waals surface area contributed by atoms with E-state index in [4.69, 9.17) is 4.74 Å². The zero-order valence-corrected chi connectivity index (χ0v) is 14.9. The molecule has 23 heavy (non-hydrogen) atoms. The molecular formula is C16H14BrN3O2S. The van der Waals surface area contributed by atoms with Gasteiger partial charge in [0, 0.05) is 7.05 Å². The third-order valence-corrected chi connectivity index (χ3v) is 5.04. The minimum absolute atomic E-state index is 0.0671. The number of aromatic hydroxyl groups is 1. The SMILES string of the molecule is COc1cc(/C=N/N=c2\sc3ccccc3n2C)cc(Br)c1O. The maximum Gasteiger partial charge on any atom is 0.211 e. The number of para-hydroxylation sites is 1. The highest BCUT2D eigenvalue weighted by Crippen LogP contribution is 2.34. The van der Waals surface area contributed by atoms with E-state index in [0.717, 1.165) is 20.6 Å². The summed E-state index contributed by atoms with van der Waals surface area (Å²) >= 11 is 4.87. The Labute approximate surface area is 145 Å². The van der Waals surface area contributed by atoms with Crippen molar-refractivity contribution in [2.75, 3.05) is 7.11 Å². The number of rotatable bonds is 3. The van der Waals surface area contributed by atoms with Crippen LogP contribution in [0.4, 0.5) is 0 Å². The quantitative estimate of drug-likeness (QED) is 0.547. The van der Waals surface area contributed by atoms with E-state index in [0.29, 0.717) is 10.2 Å². The first kappa shape index (κ1) is 15.8. The van der Waals surface area contributed by atoms with E-state index in [1.54, 1.807) is 29.7 Å². The van der Waals surface area contributed by atoms with Gasteiger partial charge in [-0.1, -0.05) is 23.5 Å². The third-order valence-electron chi connectivity index (χ3n) is 3.34.